The number of halogens is 1. The van der Waals surface area contributed by atoms with Crippen LogP contribution in [0.4, 0.5) is 11.4 Å². The molecule has 0 atom stereocenters. The molecule has 1 aromatic carbocycles. The fourth-order valence-corrected chi connectivity index (χ4v) is 3.80. The van der Waals surface area contributed by atoms with Crippen molar-refractivity contribution < 1.29 is 0 Å². The summed E-state index contributed by atoms with van der Waals surface area (Å²) in [4.78, 5) is 2.38. The Hall–Kier alpha value is -0.890. The minimum absolute atomic E-state index is 0.440. The molecule has 1 aromatic rings. The Morgan fingerprint density at radius 1 is 1.22 bits per heavy atom. The maximum absolute atomic E-state index is 6.32. The third-order valence-corrected chi connectivity index (χ3v) is 4.84. The first-order chi connectivity index (χ1) is 8.70. The summed E-state index contributed by atoms with van der Waals surface area (Å²) in [6.45, 7) is 2.21. The van der Waals surface area contributed by atoms with E-state index >= 15 is 0 Å². The molecule has 18 heavy (non-hydrogen) atoms. The molecule has 0 unspecified atom stereocenters. The smallest absolute Gasteiger partial charge is 0.0767 e. The maximum atomic E-state index is 6.32. The minimum atomic E-state index is 0.440. The number of hydrogen-bond acceptors (Lipinski definition) is 2. The van der Waals surface area contributed by atoms with Crippen LogP contribution in [0.25, 0.3) is 0 Å². The van der Waals surface area contributed by atoms with Crippen LogP contribution in [0, 0.1) is 5.41 Å². The fraction of sp³-hybridized carbons (Fsp3) is 0.600. The van der Waals surface area contributed by atoms with Gasteiger partial charge >= 0.3 is 0 Å². The Morgan fingerprint density at radius 3 is 2.78 bits per heavy atom. The molecule has 98 valence electrons. The topological polar surface area (TPSA) is 15.3 Å². The first-order valence-corrected chi connectivity index (χ1v) is 7.32. The van der Waals surface area contributed by atoms with Gasteiger partial charge in [-0.05, 0) is 25.0 Å². The molecular weight excluding hydrogens is 244 g/mol. The van der Waals surface area contributed by atoms with E-state index in [1.807, 2.05) is 12.1 Å². The van der Waals surface area contributed by atoms with Gasteiger partial charge in [0.15, 0.2) is 0 Å². The molecule has 0 bridgehead atoms. The second kappa shape index (κ2) is 4.65. The zero-order chi connectivity index (χ0) is 12.6. The monoisotopic (exact) mass is 264 g/mol. The third-order valence-electron chi connectivity index (χ3n) is 4.53. The minimum Gasteiger partial charge on any atom is -0.382 e. The van der Waals surface area contributed by atoms with E-state index in [0.29, 0.717) is 5.41 Å². The maximum Gasteiger partial charge on any atom is 0.0767 e. The van der Waals surface area contributed by atoms with E-state index in [1.54, 1.807) is 0 Å². The third kappa shape index (κ3) is 2.07. The van der Waals surface area contributed by atoms with Gasteiger partial charge in [-0.2, -0.15) is 0 Å². The number of benzene rings is 1. The Labute approximate surface area is 114 Å². The lowest BCUT2D eigenvalue weighted by Gasteiger charge is -2.38. The summed E-state index contributed by atoms with van der Waals surface area (Å²) < 4.78 is 0. The largest absolute Gasteiger partial charge is 0.382 e. The number of rotatable bonds is 0. The van der Waals surface area contributed by atoms with Gasteiger partial charge < -0.3 is 10.2 Å². The van der Waals surface area contributed by atoms with Crippen molar-refractivity contribution in [3.05, 3.63) is 23.2 Å². The van der Waals surface area contributed by atoms with Crippen molar-refractivity contribution in [1.29, 1.82) is 0 Å². The van der Waals surface area contributed by atoms with Gasteiger partial charge in [-0.3, -0.25) is 0 Å². The highest BCUT2D eigenvalue weighted by Gasteiger charge is 2.35. The predicted molar refractivity (Wildman–Crippen MR) is 78.7 cm³/mol. The SMILES string of the molecule is CN1CC2(CCCCC2)CNc2c(Cl)cccc21. The Morgan fingerprint density at radius 2 is 2.00 bits per heavy atom. The van der Waals surface area contributed by atoms with E-state index in [4.69, 9.17) is 11.6 Å². The molecule has 0 aromatic heterocycles. The lowest BCUT2D eigenvalue weighted by atomic mass is 9.74. The molecule has 3 rings (SSSR count). The lowest BCUT2D eigenvalue weighted by Crippen LogP contribution is -2.40. The van der Waals surface area contributed by atoms with Gasteiger partial charge in [0.2, 0.25) is 0 Å². The first-order valence-electron chi connectivity index (χ1n) is 6.94. The summed E-state index contributed by atoms with van der Waals surface area (Å²) in [6.07, 6.45) is 6.84. The quantitative estimate of drug-likeness (QED) is 0.757. The van der Waals surface area contributed by atoms with Crippen LogP contribution in [-0.4, -0.2) is 20.1 Å². The molecule has 2 aliphatic rings. The van der Waals surface area contributed by atoms with Gasteiger partial charge in [0.25, 0.3) is 0 Å². The lowest BCUT2D eigenvalue weighted by molar-refractivity contribution is 0.215. The number of hydrogen-bond donors (Lipinski definition) is 1. The van der Waals surface area contributed by atoms with E-state index < -0.39 is 0 Å². The molecule has 1 N–H and O–H groups in total. The normalized spacial score (nSPS) is 22.2. The van der Waals surface area contributed by atoms with Crippen LogP contribution >= 0.6 is 11.6 Å². The van der Waals surface area contributed by atoms with Crippen molar-refractivity contribution in [2.45, 2.75) is 32.1 Å². The summed E-state index contributed by atoms with van der Waals surface area (Å²) in [7, 11) is 2.19. The van der Waals surface area contributed by atoms with E-state index in [-0.39, 0.29) is 0 Å². The standard InChI is InChI=1S/C15H21ClN2/c1-18-11-15(8-3-2-4-9-15)10-17-14-12(16)6-5-7-13(14)18/h5-7,17H,2-4,8-11H2,1H3. The second-order valence-corrected chi connectivity index (χ2v) is 6.31. The van der Waals surface area contributed by atoms with Crippen LogP contribution in [0.2, 0.25) is 5.02 Å². The number of fused-ring (bicyclic) bond motifs is 1. The highest BCUT2D eigenvalue weighted by Crippen LogP contribution is 2.43. The molecule has 2 nitrogen and oxygen atoms in total. The molecule has 1 heterocycles. The molecule has 3 heteroatoms. The summed E-state index contributed by atoms with van der Waals surface area (Å²) in [5.41, 5.74) is 2.80. The predicted octanol–water partition coefficient (Wildman–Crippen LogP) is 4.15. The highest BCUT2D eigenvalue weighted by atomic mass is 35.5. The molecule has 0 amide bonds. The molecular formula is C15H21ClN2. The zero-order valence-electron chi connectivity index (χ0n) is 11.0. The van der Waals surface area contributed by atoms with Crippen molar-refractivity contribution >= 4 is 23.0 Å². The van der Waals surface area contributed by atoms with Gasteiger partial charge in [0.1, 0.15) is 0 Å². The van der Waals surface area contributed by atoms with E-state index in [2.05, 4.69) is 23.3 Å². The molecule has 0 saturated heterocycles. The van der Waals surface area contributed by atoms with Crippen LogP contribution in [0.1, 0.15) is 32.1 Å². The molecule has 1 aliphatic carbocycles. The summed E-state index contributed by atoms with van der Waals surface area (Å²) in [5, 5.41) is 4.45. The molecule has 1 aliphatic heterocycles. The summed E-state index contributed by atoms with van der Waals surface area (Å²) >= 11 is 6.32. The van der Waals surface area contributed by atoms with Crippen LogP contribution in [-0.2, 0) is 0 Å². The van der Waals surface area contributed by atoms with Crippen LogP contribution < -0.4 is 10.2 Å². The van der Waals surface area contributed by atoms with Crippen molar-refractivity contribution in [2.75, 3.05) is 30.4 Å². The number of nitrogens with zero attached hydrogens (tertiary/aromatic N) is 1. The van der Waals surface area contributed by atoms with E-state index in [9.17, 15) is 0 Å². The van der Waals surface area contributed by atoms with Gasteiger partial charge in [0, 0.05) is 25.6 Å². The fourth-order valence-electron chi connectivity index (χ4n) is 3.56. The average molecular weight is 265 g/mol. The molecule has 1 fully saturated rings. The number of anilines is 2. The van der Waals surface area contributed by atoms with Gasteiger partial charge in [-0.25, -0.2) is 0 Å². The number of para-hydroxylation sites is 1. The van der Waals surface area contributed by atoms with E-state index in [1.165, 1.54) is 37.8 Å². The zero-order valence-corrected chi connectivity index (χ0v) is 11.8. The van der Waals surface area contributed by atoms with Gasteiger partial charge in [0.05, 0.1) is 16.4 Å². The van der Waals surface area contributed by atoms with Crippen molar-refractivity contribution in [2.24, 2.45) is 5.41 Å². The van der Waals surface area contributed by atoms with Crippen LogP contribution in [0.3, 0.4) is 0 Å². The second-order valence-electron chi connectivity index (χ2n) is 5.90. The van der Waals surface area contributed by atoms with Crippen molar-refractivity contribution in [1.82, 2.24) is 0 Å². The molecule has 1 spiro atoms. The summed E-state index contributed by atoms with van der Waals surface area (Å²) in [6, 6.07) is 6.17. The highest BCUT2D eigenvalue weighted by molar-refractivity contribution is 6.34. The van der Waals surface area contributed by atoms with Crippen molar-refractivity contribution in [3.8, 4) is 0 Å². The first kappa shape index (κ1) is 12.2. The van der Waals surface area contributed by atoms with E-state index in [0.717, 1.165) is 23.8 Å². The van der Waals surface area contributed by atoms with Gasteiger partial charge in [-0.15, -0.1) is 0 Å². The molecule has 0 radical (unpaired) electrons. The summed E-state index contributed by atoms with van der Waals surface area (Å²) in [5.74, 6) is 0. The Balaban J connectivity index is 1.92. The number of nitrogens with one attached hydrogen (secondary N) is 1. The Kier molecular flexibility index (Phi) is 3.14. The van der Waals surface area contributed by atoms with Crippen molar-refractivity contribution in [3.63, 3.8) is 0 Å². The Bertz CT molecular complexity index is 438. The van der Waals surface area contributed by atoms with Crippen LogP contribution in [0.15, 0.2) is 18.2 Å². The average Bonchev–Trinajstić information content (AvgIpc) is 2.50. The van der Waals surface area contributed by atoms with Gasteiger partial charge in [-0.1, -0.05) is 36.9 Å². The van der Waals surface area contributed by atoms with Crippen LogP contribution in [0.5, 0.6) is 0 Å². The molecule has 1 saturated carbocycles.